The molecular weight excluding hydrogens is 383 g/mol. The van der Waals surface area contributed by atoms with Gasteiger partial charge < -0.3 is 10.1 Å². The van der Waals surface area contributed by atoms with Crippen molar-refractivity contribution in [2.75, 3.05) is 5.32 Å². The first kappa shape index (κ1) is 20.3. The summed E-state index contributed by atoms with van der Waals surface area (Å²) < 4.78 is 19.3. The zero-order chi connectivity index (χ0) is 20.3. The number of nitro groups is 1. The molecule has 0 saturated heterocycles. The molecule has 0 aliphatic carbocycles. The van der Waals surface area contributed by atoms with E-state index in [1.54, 1.807) is 0 Å². The maximum Gasteiger partial charge on any atom is 0.328 e. The van der Waals surface area contributed by atoms with Crippen LogP contribution in [-0.4, -0.2) is 32.7 Å². The predicted octanol–water partition coefficient (Wildman–Crippen LogP) is 2.77. The van der Waals surface area contributed by atoms with Gasteiger partial charge >= 0.3 is 11.7 Å². The molecule has 1 heterocycles. The Morgan fingerprint density at radius 1 is 1.44 bits per heavy atom. The maximum atomic E-state index is 13.1. The highest BCUT2D eigenvalue weighted by molar-refractivity contribution is 6.31. The Balaban J connectivity index is 1.98. The summed E-state index contributed by atoms with van der Waals surface area (Å²) in [5, 5.41) is 17.2. The van der Waals surface area contributed by atoms with E-state index in [0.717, 1.165) is 10.7 Å². The van der Waals surface area contributed by atoms with Crippen molar-refractivity contribution in [1.29, 1.82) is 0 Å². The molecule has 2 rings (SSSR count). The van der Waals surface area contributed by atoms with Crippen molar-refractivity contribution in [3.05, 3.63) is 50.5 Å². The van der Waals surface area contributed by atoms with Gasteiger partial charge in [0.25, 0.3) is 5.91 Å². The Bertz CT molecular complexity index is 914. The van der Waals surface area contributed by atoms with Gasteiger partial charge in [0, 0.05) is 5.69 Å². The fourth-order valence-corrected chi connectivity index (χ4v) is 2.51. The molecule has 1 atom stereocenters. The van der Waals surface area contributed by atoms with Gasteiger partial charge in [0.2, 0.25) is 0 Å². The van der Waals surface area contributed by atoms with Gasteiger partial charge in [0.05, 0.1) is 9.95 Å². The number of carbonyl (C=O) groups excluding carboxylic acids is 2. The number of esters is 1. The maximum absolute atomic E-state index is 13.1. The van der Waals surface area contributed by atoms with Gasteiger partial charge in [-0.3, -0.25) is 24.4 Å². The number of hydrogen-bond acceptors (Lipinski definition) is 6. The minimum absolute atomic E-state index is 0.163. The van der Waals surface area contributed by atoms with Crippen LogP contribution in [0.2, 0.25) is 5.02 Å². The Labute approximate surface area is 158 Å². The van der Waals surface area contributed by atoms with Crippen LogP contribution in [0.3, 0.4) is 0 Å². The molecule has 2 aromatic rings. The van der Waals surface area contributed by atoms with Gasteiger partial charge in [-0.15, -0.1) is 0 Å². The molecule has 0 fully saturated rings. The number of ether oxygens (including phenoxy) is 1. The second-order valence-electron chi connectivity index (χ2n) is 5.68. The first-order chi connectivity index (χ1) is 12.6. The molecule has 27 heavy (non-hydrogen) atoms. The molecule has 144 valence electrons. The monoisotopic (exact) mass is 398 g/mol. The molecule has 0 spiro atoms. The number of amides is 1. The number of hydrogen-bond donors (Lipinski definition) is 1. The number of halogens is 2. The summed E-state index contributed by atoms with van der Waals surface area (Å²) in [6.07, 6.45) is -1.16. The molecule has 1 aromatic heterocycles. The Kier molecular flexibility index (Phi) is 6.11. The van der Waals surface area contributed by atoms with Gasteiger partial charge in [-0.25, -0.2) is 4.39 Å². The van der Waals surface area contributed by atoms with Crippen molar-refractivity contribution in [3.63, 3.8) is 0 Å². The van der Waals surface area contributed by atoms with E-state index in [-0.39, 0.29) is 34.3 Å². The van der Waals surface area contributed by atoms with E-state index in [2.05, 4.69) is 10.4 Å². The second-order valence-corrected chi connectivity index (χ2v) is 6.09. The summed E-state index contributed by atoms with van der Waals surface area (Å²) in [7, 11) is 0. The standard InChI is InChI=1S/C16H16ClFN4O5/c1-8-15(22(25)26)9(2)21(20-8)7-14(23)27-10(3)16(24)19-11-4-5-13(18)12(17)6-11/h4-6,10H,7H2,1-3H3,(H,19,24)/t10-/m1/s1. The molecule has 1 N–H and O–H groups in total. The fraction of sp³-hybridized carbons (Fsp3) is 0.312. The summed E-state index contributed by atoms with van der Waals surface area (Å²) in [4.78, 5) is 34.5. The fourth-order valence-electron chi connectivity index (χ4n) is 2.33. The molecule has 0 radical (unpaired) electrons. The van der Waals surface area contributed by atoms with Crippen LogP contribution in [0, 0.1) is 29.8 Å². The van der Waals surface area contributed by atoms with Crippen LogP contribution in [-0.2, 0) is 20.9 Å². The number of nitrogens with one attached hydrogen (secondary N) is 1. The van der Waals surface area contributed by atoms with Crippen molar-refractivity contribution >= 4 is 34.9 Å². The number of aryl methyl sites for hydroxylation is 1. The zero-order valence-corrected chi connectivity index (χ0v) is 15.4. The smallest absolute Gasteiger partial charge is 0.328 e. The zero-order valence-electron chi connectivity index (χ0n) is 14.7. The second kappa shape index (κ2) is 8.12. The molecule has 9 nitrogen and oxygen atoms in total. The largest absolute Gasteiger partial charge is 0.451 e. The quantitative estimate of drug-likeness (QED) is 0.454. The number of benzene rings is 1. The molecule has 0 aliphatic heterocycles. The molecule has 1 amide bonds. The number of nitrogens with zero attached hydrogens (tertiary/aromatic N) is 3. The molecule has 0 aliphatic rings. The van der Waals surface area contributed by atoms with Crippen molar-refractivity contribution in [3.8, 4) is 0 Å². The summed E-state index contributed by atoms with van der Waals surface area (Å²) >= 11 is 5.63. The summed E-state index contributed by atoms with van der Waals surface area (Å²) in [6, 6.07) is 3.62. The molecule has 0 bridgehead atoms. The number of aromatic nitrogens is 2. The number of rotatable bonds is 6. The van der Waals surface area contributed by atoms with E-state index < -0.39 is 28.7 Å². The van der Waals surface area contributed by atoms with E-state index in [1.165, 1.54) is 32.9 Å². The lowest BCUT2D eigenvalue weighted by molar-refractivity contribution is -0.386. The molecule has 0 saturated carbocycles. The lowest BCUT2D eigenvalue weighted by Gasteiger charge is -2.14. The number of anilines is 1. The van der Waals surface area contributed by atoms with Crippen molar-refractivity contribution in [2.45, 2.75) is 33.4 Å². The highest BCUT2D eigenvalue weighted by atomic mass is 35.5. The molecule has 0 unspecified atom stereocenters. The Morgan fingerprint density at radius 3 is 2.67 bits per heavy atom. The highest BCUT2D eigenvalue weighted by Gasteiger charge is 2.24. The van der Waals surface area contributed by atoms with Crippen LogP contribution in [0.5, 0.6) is 0 Å². The molecule has 1 aromatic carbocycles. The third-order valence-electron chi connectivity index (χ3n) is 3.67. The van der Waals surface area contributed by atoms with E-state index in [4.69, 9.17) is 16.3 Å². The third-order valence-corrected chi connectivity index (χ3v) is 3.96. The minimum Gasteiger partial charge on any atom is -0.451 e. The van der Waals surface area contributed by atoms with Crippen LogP contribution < -0.4 is 5.32 Å². The Hall–Kier alpha value is -3.01. The van der Waals surface area contributed by atoms with E-state index in [9.17, 15) is 24.1 Å². The van der Waals surface area contributed by atoms with Gasteiger partial charge in [-0.05, 0) is 39.0 Å². The predicted molar refractivity (Wildman–Crippen MR) is 93.9 cm³/mol. The normalized spacial score (nSPS) is 11.7. The third kappa shape index (κ3) is 4.79. The summed E-state index contributed by atoms with van der Waals surface area (Å²) in [6.45, 7) is 3.87. The Morgan fingerprint density at radius 2 is 2.11 bits per heavy atom. The van der Waals surface area contributed by atoms with Gasteiger partial charge in [0.15, 0.2) is 6.10 Å². The van der Waals surface area contributed by atoms with Gasteiger partial charge in [-0.2, -0.15) is 5.10 Å². The first-order valence-corrected chi connectivity index (χ1v) is 8.11. The van der Waals surface area contributed by atoms with E-state index in [0.29, 0.717) is 0 Å². The average Bonchev–Trinajstić information content (AvgIpc) is 2.84. The van der Waals surface area contributed by atoms with E-state index >= 15 is 0 Å². The lowest BCUT2D eigenvalue weighted by Crippen LogP contribution is -2.31. The van der Waals surface area contributed by atoms with Crippen LogP contribution >= 0.6 is 11.6 Å². The van der Waals surface area contributed by atoms with Crippen LogP contribution in [0.25, 0.3) is 0 Å². The topological polar surface area (TPSA) is 116 Å². The minimum atomic E-state index is -1.16. The van der Waals surface area contributed by atoms with Crippen LogP contribution in [0.15, 0.2) is 18.2 Å². The average molecular weight is 399 g/mol. The number of carbonyl (C=O) groups is 2. The summed E-state index contributed by atoms with van der Waals surface area (Å²) in [5.41, 5.74) is 0.432. The first-order valence-electron chi connectivity index (χ1n) is 7.74. The van der Waals surface area contributed by atoms with Crippen LogP contribution in [0.1, 0.15) is 18.3 Å². The lowest BCUT2D eigenvalue weighted by atomic mass is 10.3. The van der Waals surface area contributed by atoms with Crippen molar-refractivity contribution < 1.29 is 23.6 Å². The van der Waals surface area contributed by atoms with Crippen molar-refractivity contribution in [2.24, 2.45) is 0 Å². The summed E-state index contributed by atoms with van der Waals surface area (Å²) in [5.74, 6) is -2.08. The highest BCUT2D eigenvalue weighted by Crippen LogP contribution is 2.22. The van der Waals surface area contributed by atoms with Crippen LogP contribution in [0.4, 0.5) is 15.8 Å². The van der Waals surface area contributed by atoms with Crippen molar-refractivity contribution in [1.82, 2.24) is 9.78 Å². The molecular formula is C16H16ClFN4O5. The molecule has 11 heteroatoms. The van der Waals surface area contributed by atoms with E-state index in [1.807, 2.05) is 0 Å². The van der Waals surface area contributed by atoms with Gasteiger partial charge in [0.1, 0.15) is 23.7 Å². The van der Waals surface area contributed by atoms with Gasteiger partial charge in [-0.1, -0.05) is 11.6 Å². The SMILES string of the molecule is Cc1nn(CC(=O)O[C@H](C)C(=O)Nc2ccc(F)c(Cl)c2)c(C)c1[N+](=O)[O-].